The molecule has 7 nitrogen and oxygen atoms in total. The molecule has 194 valence electrons. The maximum absolute atomic E-state index is 13.4. The number of carbonyl (C=O) groups excluding carboxylic acids is 1. The molecule has 2 aliphatic rings. The molecule has 2 aromatic rings. The van der Waals surface area contributed by atoms with Crippen molar-refractivity contribution in [2.45, 2.75) is 52.6 Å². The van der Waals surface area contributed by atoms with Gasteiger partial charge in [-0.25, -0.2) is 0 Å². The number of aliphatic hydroxyl groups is 1. The molecule has 0 radical (unpaired) electrons. The summed E-state index contributed by atoms with van der Waals surface area (Å²) in [7, 11) is 1.00. The van der Waals surface area contributed by atoms with Gasteiger partial charge >= 0.3 is 0 Å². The smallest absolute Gasteiger partial charge is 0.254 e. The lowest BCUT2D eigenvalue weighted by Crippen LogP contribution is -2.50. The highest BCUT2D eigenvalue weighted by molar-refractivity contribution is 5.97. The molecule has 0 bridgehead atoms. The molecule has 1 amide bonds. The number of aliphatic hydroxyl groups excluding tert-OH is 1. The number of hydrogen-bond donors (Lipinski definition) is 2. The summed E-state index contributed by atoms with van der Waals surface area (Å²) in [5, 5.41) is 20.2. The van der Waals surface area contributed by atoms with E-state index in [4.69, 9.17) is 5.11 Å². The van der Waals surface area contributed by atoms with Gasteiger partial charge in [-0.1, -0.05) is 18.2 Å². The molecule has 2 heterocycles. The summed E-state index contributed by atoms with van der Waals surface area (Å²) < 4.78 is 0. The predicted molar refractivity (Wildman–Crippen MR) is 147 cm³/mol. The van der Waals surface area contributed by atoms with Gasteiger partial charge in [0.15, 0.2) is 0 Å². The van der Waals surface area contributed by atoms with Gasteiger partial charge in [0.05, 0.1) is 11.3 Å². The van der Waals surface area contributed by atoms with Crippen LogP contribution in [0.4, 0.5) is 11.4 Å². The van der Waals surface area contributed by atoms with Crippen LogP contribution >= 0.6 is 0 Å². The molecule has 4 rings (SSSR count). The van der Waals surface area contributed by atoms with Crippen molar-refractivity contribution in [3.63, 3.8) is 0 Å². The second-order valence-corrected chi connectivity index (χ2v) is 9.94. The highest BCUT2D eigenvalue weighted by atomic mass is 16.2. The zero-order valence-corrected chi connectivity index (χ0v) is 22.4. The van der Waals surface area contributed by atoms with Crippen molar-refractivity contribution in [1.29, 1.82) is 5.26 Å². The first-order chi connectivity index (χ1) is 17.4. The minimum absolute atomic E-state index is 0.145. The second-order valence-electron chi connectivity index (χ2n) is 9.94. The van der Waals surface area contributed by atoms with E-state index in [2.05, 4.69) is 54.1 Å². The maximum Gasteiger partial charge on any atom is 0.254 e. The number of amides is 1. The highest BCUT2D eigenvalue weighted by Gasteiger charge is 2.26. The van der Waals surface area contributed by atoms with Gasteiger partial charge in [0.25, 0.3) is 5.91 Å². The zero-order chi connectivity index (χ0) is 26.2. The Hall–Kier alpha value is -3.08. The number of nitriles is 1. The number of piperazine rings is 1. The van der Waals surface area contributed by atoms with Crippen molar-refractivity contribution in [3.8, 4) is 6.07 Å². The first kappa shape index (κ1) is 27.5. The third kappa shape index (κ3) is 6.37. The Kier molecular flexibility index (Phi) is 9.74. The number of aryl methyl sites for hydroxylation is 2. The van der Waals surface area contributed by atoms with Crippen LogP contribution in [0.3, 0.4) is 0 Å². The van der Waals surface area contributed by atoms with E-state index >= 15 is 0 Å². The lowest BCUT2D eigenvalue weighted by Gasteiger charge is -2.37. The molecule has 0 saturated carbocycles. The van der Waals surface area contributed by atoms with E-state index in [1.165, 1.54) is 5.56 Å². The van der Waals surface area contributed by atoms with Crippen molar-refractivity contribution in [3.05, 3.63) is 58.7 Å². The van der Waals surface area contributed by atoms with Crippen LogP contribution in [0, 0.1) is 25.2 Å². The van der Waals surface area contributed by atoms with E-state index < -0.39 is 0 Å². The fraction of sp³-hybridized carbons (Fsp3) is 0.517. The molecule has 0 aromatic heterocycles. The van der Waals surface area contributed by atoms with Gasteiger partial charge in [0.2, 0.25) is 0 Å². The van der Waals surface area contributed by atoms with Crippen LogP contribution < -0.4 is 10.2 Å². The van der Waals surface area contributed by atoms with Gasteiger partial charge in [0.1, 0.15) is 6.07 Å². The summed E-state index contributed by atoms with van der Waals surface area (Å²) in [6.07, 6.45) is 1.99. The normalized spacial score (nSPS) is 16.8. The van der Waals surface area contributed by atoms with Crippen LogP contribution in [-0.4, -0.2) is 79.3 Å². The van der Waals surface area contributed by atoms with Crippen LogP contribution in [0.15, 0.2) is 36.4 Å². The van der Waals surface area contributed by atoms with Crippen molar-refractivity contribution in [2.24, 2.45) is 0 Å². The molecule has 2 fully saturated rings. The van der Waals surface area contributed by atoms with Gasteiger partial charge in [-0.3, -0.25) is 9.69 Å². The summed E-state index contributed by atoms with van der Waals surface area (Å²) in [6, 6.07) is 15.2. The number of carbonyl (C=O) groups is 1. The minimum Gasteiger partial charge on any atom is -0.400 e. The Bertz CT molecular complexity index is 1060. The first-order valence-corrected chi connectivity index (χ1v) is 13.0. The molecule has 0 spiro atoms. The number of anilines is 2. The molecule has 0 atom stereocenters. The number of benzene rings is 2. The van der Waals surface area contributed by atoms with Gasteiger partial charge in [-0.2, -0.15) is 5.26 Å². The Labute approximate surface area is 216 Å². The summed E-state index contributed by atoms with van der Waals surface area (Å²) in [5.74, 6) is 0.145. The lowest BCUT2D eigenvalue weighted by atomic mass is 9.99. The second kappa shape index (κ2) is 12.8. The molecular weight excluding hydrogens is 450 g/mol. The number of nitrogens with one attached hydrogen (secondary N) is 1. The first-order valence-electron chi connectivity index (χ1n) is 13.0. The SMILES string of the molecule is CO.Cc1cc(C)c(C(=O)N2CCN(C(C)C)CC2)cc1NC1CCN(c2ccccc2C#N)CC1. The van der Waals surface area contributed by atoms with Crippen molar-refractivity contribution < 1.29 is 9.90 Å². The number of rotatable bonds is 5. The van der Waals surface area contributed by atoms with Crippen LogP contribution in [-0.2, 0) is 0 Å². The van der Waals surface area contributed by atoms with Crippen LogP contribution in [0.5, 0.6) is 0 Å². The fourth-order valence-electron chi connectivity index (χ4n) is 5.18. The van der Waals surface area contributed by atoms with E-state index in [-0.39, 0.29) is 5.91 Å². The summed E-state index contributed by atoms with van der Waals surface area (Å²) in [4.78, 5) is 20.1. The number of para-hydroxylation sites is 1. The Morgan fingerprint density at radius 2 is 1.64 bits per heavy atom. The Morgan fingerprint density at radius 1 is 1.00 bits per heavy atom. The van der Waals surface area contributed by atoms with Crippen molar-refractivity contribution in [2.75, 3.05) is 56.6 Å². The van der Waals surface area contributed by atoms with Crippen LogP contribution in [0.2, 0.25) is 0 Å². The molecule has 2 N–H and O–H groups in total. The van der Waals surface area contributed by atoms with Gasteiger partial charge < -0.3 is 20.2 Å². The number of piperidine rings is 1. The topological polar surface area (TPSA) is 82.8 Å². The quantitative estimate of drug-likeness (QED) is 0.657. The molecule has 0 aliphatic carbocycles. The summed E-state index contributed by atoms with van der Waals surface area (Å²) in [5.41, 5.74) is 5.86. The average Bonchev–Trinajstić information content (AvgIpc) is 2.91. The monoisotopic (exact) mass is 491 g/mol. The fourth-order valence-corrected chi connectivity index (χ4v) is 5.18. The van der Waals surface area contributed by atoms with E-state index in [0.29, 0.717) is 12.1 Å². The predicted octanol–water partition coefficient (Wildman–Crippen LogP) is 4.03. The molecule has 36 heavy (non-hydrogen) atoms. The molecular formula is C29H41N5O2. The standard InChI is InChI=1S/C28H37N5O.CH4O/c1-20(2)31-13-15-33(16-14-31)28(34)25-18-26(22(4)17-21(25)3)30-24-9-11-32(12-10-24)27-8-6-5-7-23(27)19-29;1-2/h5-8,17-18,20,24,30H,9-16H2,1-4H3;2H,1H3. The molecule has 2 saturated heterocycles. The Balaban J connectivity index is 0.00000176. The van der Waals surface area contributed by atoms with E-state index in [1.54, 1.807) is 0 Å². The third-order valence-corrected chi connectivity index (χ3v) is 7.35. The maximum atomic E-state index is 13.4. The molecule has 2 aliphatic heterocycles. The van der Waals surface area contributed by atoms with Gasteiger partial charge in [0, 0.05) is 69.7 Å². The summed E-state index contributed by atoms with van der Waals surface area (Å²) in [6.45, 7) is 13.9. The van der Waals surface area contributed by atoms with Gasteiger partial charge in [-0.15, -0.1) is 0 Å². The van der Waals surface area contributed by atoms with E-state index in [9.17, 15) is 10.1 Å². The average molecular weight is 492 g/mol. The van der Waals surface area contributed by atoms with Crippen LogP contribution in [0.1, 0.15) is 53.7 Å². The van der Waals surface area contributed by atoms with E-state index in [1.807, 2.05) is 36.1 Å². The summed E-state index contributed by atoms with van der Waals surface area (Å²) >= 11 is 0. The minimum atomic E-state index is 0.145. The zero-order valence-electron chi connectivity index (χ0n) is 22.4. The third-order valence-electron chi connectivity index (χ3n) is 7.35. The Morgan fingerprint density at radius 3 is 2.25 bits per heavy atom. The van der Waals surface area contributed by atoms with E-state index in [0.717, 1.165) is 87.3 Å². The number of hydrogen-bond acceptors (Lipinski definition) is 6. The van der Waals surface area contributed by atoms with Crippen molar-refractivity contribution in [1.82, 2.24) is 9.80 Å². The van der Waals surface area contributed by atoms with Crippen molar-refractivity contribution >= 4 is 17.3 Å². The lowest BCUT2D eigenvalue weighted by molar-refractivity contribution is 0.0595. The largest absolute Gasteiger partial charge is 0.400 e. The molecule has 7 heteroatoms. The van der Waals surface area contributed by atoms with Gasteiger partial charge in [-0.05, 0) is 69.9 Å². The molecule has 0 unspecified atom stereocenters. The van der Waals surface area contributed by atoms with Crippen LogP contribution in [0.25, 0.3) is 0 Å². The number of nitrogens with zero attached hydrogens (tertiary/aromatic N) is 4. The highest BCUT2D eigenvalue weighted by Crippen LogP contribution is 2.28. The molecule has 2 aromatic carbocycles.